The van der Waals surface area contributed by atoms with Crippen LogP contribution in [0.5, 0.6) is 0 Å². The highest BCUT2D eigenvalue weighted by molar-refractivity contribution is 9.10. The number of rotatable bonds is 3. The second-order valence-electron chi connectivity index (χ2n) is 4.97. The second kappa shape index (κ2) is 5.09. The molecule has 5 heteroatoms. The number of nitrogens with one attached hydrogen (secondary N) is 1. The van der Waals surface area contributed by atoms with Gasteiger partial charge in [0.1, 0.15) is 0 Å². The number of aliphatic hydroxyl groups is 1. The summed E-state index contributed by atoms with van der Waals surface area (Å²) in [6.07, 6.45) is -0.285. The van der Waals surface area contributed by atoms with Gasteiger partial charge in [-0.2, -0.15) is 0 Å². The largest absolute Gasteiger partial charge is 0.375 e. The molecule has 2 N–H and O–H groups in total. The summed E-state index contributed by atoms with van der Waals surface area (Å²) in [5, 5.41) is 13.3. The lowest BCUT2D eigenvalue weighted by Gasteiger charge is -2.20. The Morgan fingerprint density at radius 2 is 1.95 bits per heavy atom. The molecular formula is C16H12BrNO3. The molecule has 1 aliphatic heterocycles. The fourth-order valence-electron chi connectivity index (χ4n) is 2.47. The van der Waals surface area contributed by atoms with Crippen LogP contribution in [-0.2, 0) is 10.4 Å². The summed E-state index contributed by atoms with van der Waals surface area (Å²) in [7, 11) is 0. The summed E-state index contributed by atoms with van der Waals surface area (Å²) in [6, 6.07) is 13.7. The van der Waals surface area contributed by atoms with Crippen LogP contribution in [0.25, 0.3) is 0 Å². The number of ketones is 1. The van der Waals surface area contributed by atoms with Gasteiger partial charge in [0.05, 0.1) is 6.42 Å². The fourth-order valence-corrected chi connectivity index (χ4v) is 2.87. The zero-order valence-corrected chi connectivity index (χ0v) is 12.6. The first-order valence-corrected chi connectivity index (χ1v) is 7.22. The smallest absolute Gasteiger partial charge is 0.261 e. The van der Waals surface area contributed by atoms with Crippen molar-refractivity contribution in [1.29, 1.82) is 0 Å². The van der Waals surface area contributed by atoms with Crippen molar-refractivity contribution in [3.05, 3.63) is 64.1 Å². The minimum absolute atomic E-state index is 0.285. The van der Waals surface area contributed by atoms with E-state index in [0.717, 1.165) is 4.47 Å². The lowest BCUT2D eigenvalue weighted by Crippen LogP contribution is -2.36. The zero-order chi connectivity index (χ0) is 15.0. The maximum atomic E-state index is 12.4. The number of halogens is 1. The molecule has 2 aromatic rings. The molecule has 0 saturated carbocycles. The predicted molar refractivity (Wildman–Crippen MR) is 82.1 cm³/mol. The Bertz CT molecular complexity index is 744. The molecule has 0 fully saturated rings. The molecule has 0 aliphatic carbocycles. The fraction of sp³-hybridized carbons (Fsp3) is 0.125. The van der Waals surface area contributed by atoms with E-state index in [-0.39, 0.29) is 12.2 Å². The van der Waals surface area contributed by atoms with Crippen LogP contribution in [0.3, 0.4) is 0 Å². The van der Waals surface area contributed by atoms with Crippen LogP contribution in [-0.4, -0.2) is 16.8 Å². The highest BCUT2D eigenvalue weighted by Crippen LogP contribution is 2.38. The number of hydrogen-bond donors (Lipinski definition) is 2. The van der Waals surface area contributed by atoms with Gasteiger partial charge in [-0.3, -0.25) is 9.59 Å². The van der Waals surface area contributed by atoms with E-state index in [0.29, 0.717) is 16.8 Å². The Balaban J connectivity index is 1.94. The van der Waals surface area contributed by atoms with E-state index in [1.54, 1.807) is 42.5 Å². The van der Waals surface area contributed by atoms with E-state index in [4.69, 9.17) is 0 Å². The van der Waals surface area contributed by atoms with Crippen LogP contribution in [0.2, 0.25) is 0 Å². The van der Waals surface area contributed by atoms with Crippen LogP contribution in [0, 0.1) is 0 Å². The van der Waals surface area contributed by atoms with Gasteiger partial charge in [0, 0.05) is 21.3 Å². The van der Waals surface area contributed by atoms with Gasteiger partial charge in [-0.15, -0.1) is 0 Å². The maximum Gasteiger partial charge on any atom is 0.261 e. The number of carbonyl (C=O) groups excluding carboxylic acids is 2. The van der Waals surface area contributed by atoms with Crippen molar-refractivity contribution in [3.8, 4) is 0 Å². The topological polar surface area (TPSA) is 66.4 Å². The van der Waals surface area contributed by atoms with Crippen LogP contribution < -0.4 is 5.32 Å². The average Bonchev–Trinajstić information content (AvgIpc) is 2.71. The van der Waals surface area contributed by atoms with Crippen LogP contribution >= 0.6 is 15.9 Å². The van der Waals surface area contributed by atoms with E-state index in [1.807, 2.05) is 6.07 Å². The van der Waals surface area contributed by atoms with Gasteiger partial charge in [0.2, 0.25) is 0 Å². The number of Topliss-reactive ketones (excluding diaryl/α,β-unsaturated/α-hetero) is 1. The molecule has 1 amide bonds. The Morgan fingerprint density at radius 3 is 2.71 bits per heavy atom. The van der Waals surface area contributed by atoms with Crippen molar-refractivity contribution in [2.45, 2.75) is 12.0 Å². The summed E-state index contributed by atoms with van der Waals surface area (Å²) in [5.74, 6) is -0.849. The first kappa shape index (κ1) is 14.0. The highest BCUT2D eigenvalue weighted by atomic mass is 79.9. The normalized spacial score (nSPS) is 20.0. The molecule has 1 heterocycles. The maximum absolute atomic E-state index is 12.4. The van der Waals surface area contributed by atoms with Gasteiger partial charge < -0.3 is 10.4 Å². The average molecular weight is 346 g/mol. The number of anilines is 1. The molecular weight excluding hydrogens is 334 g/mol. The minimum atomic E-state index is -1.81. The van der Waals surface area contributed by atoms with E-state index in [2.05, 4.69) is 21.2 Å². The van der Waals surface area contributed by atoms with Gasteiger partial charge in [0.25, 0.3) is 5.91 Å². The summed E-state index contributed by atoms with van der Waals surface area (Å²) in [4.78, 5) is 24.4. The van der Waals surface area contributed by atoms with Gasteiger partial charge in [-0.25, -0.2) is 0 Å². The summed E-state index contributed by atoms with van der Waals surface area (Å²) < 4.78 is 0.775. The first-order valence-electron chi connectivity index (χ1n) is 6.43. The molecule has 1 atom stereocenters. The van der Waals surface area contributed by atoms with Gasteiger partial charge >= 0.3 is 0 Å². The van der Waals surface area contributed by atoms with Crippen LogP contribution in [0.4, 0.5) is 5.69 Å². The van der Waals surface area contributed by atoms with Crippen molar-refractivity contribution < 1.29 is 14.7 Å². The summed E-state index contributed by atoms with van der Waals surface area (Å²) in [6.45, 7) is 0. The van der Waals surface area contributed by atoms with Gasteiger partial charge in [0.15, 0.2) is 11.4 Å². The van der Waals surface area contributed by atoms with Crippen molar-refractivity contribution in [2.75, 3.05) is 5.32 Å². The number of hydrogen-bond acceptors (Lipinski definition) is 3. The van der Waals surface area contributed by atoms with Crippen LogP contribution in [0.15, 0.2) is 53.0 Å². The van der Waals surface area contributed by atoms with Crippen molar-refractivity contribution >= 4 is 33.3 Å². The Morgan fingerprint density at radius 1 is 1.19 bits per heavy atom. The number of carbonyl (C=O) groups is 2. The van der Waals surface area contributed by atoms with Gasteiger partial charge in [-0.05, 0) is 18.2 Å². The van der Waals surface area contributed by atoms with Crippen molar-refractivity contribution in [3.63, 3.8) is 0 Å². The predicted octanol–water partition coefficient (Wildman–Crippen LogP) is 2.86. The molecule has 0 spiro atoms. The third kappa shape index (κ3) is 2.39. The van der Waals surface area contributed by atoms with Gasteiger partial charge in [-0.1, -0.05) is 46.3 Å². The third-order valence-electron chi connectivity index (χ3n) is 3.56. The Hall–Kier alpha value is -1.98. The molecule has 21 heavy (non-hydrogen) atoms. The molecule has 3 rings (SSSR count). The van der Waals surface area contributed by atoms with E-state index >= 15 is 0 Å². The molecule has 0 radical (unpaired) electrons. The molecule has 106 valence electrons. The monoisotopic (exact) mass is 345 g/mol. The zero-order valence-electron chi connectivity index (χ0n) is 11.0. The van der Waals surface area contributed by atoms with E-state index in [9.17, 15) is 14.7 Å². The molecule has 0 aromatic heterocycles. The lowest BCUT2D eigenvalue weighted by atomic mass is 9.88. The summed E-state index contributed by atoms with van der Waals surface area (Å²) >= 11 is 3.30. The quantitative estimate of drug-likeness (QED) is 0.840. The van der Waals surface area contributed by atoms with Crippen molar-refractivity contribution in [2.24, 2.45) is 0 Å². The van der Waals surface area contributed by atoms with Crippen LogP contribution in [0.1, 0.15) is 22.3 Å². The van der Waals surface area contributed by atoms with E-state index in [1.165, 1.54) is 0 Å². The second-order valence-corrected chi connectivity index (χ2v) is 5.89. The van der Waals surface area contributed by atoms with Crippen molar-refractivity contribution in [1.82, 2.24) is 0 Å². The molecule has 0 saturated heterocycles. The van der Waals surface area contributed by atoms with E-state index < -0.39 is 11.5 Å². The molecule has 1 aliphatic rings. The lowest BCUT2D eigenvalue weighted by molar-refractivity contribution is -0.133. The Kier molecular flexibility index (Phi) is 3.39. The molecule has 0 bridgehead atoms. The SMILES string of the molecule is O=C(C[C@@]1(O)C(=O)Nc2ccccc21)c1cccc(Br)c1. The number of amides is 1. The molecule has 0 unspecified atom stereocenters. The third-order valence-corrected chi connectivity index (χ3v) is 4.05. The minimum Gasteiger partial charge on any atom is -0.375 e. The number of benzene rings is 2. The highest BCUT2D eigenvalue weighted by Gasteiger charge is 2.46. The number of fused-ring (bicyclic) bond motifs is 1. The standard InChI is InChI=1S/C16H12BrNO3/c17-11-5-3-4-10(8-11)14(19)9-16(21)12-6-1-2-7-13(12)18-15(16)20/h1-8,21H,9H2,(H,18,20)/t16-/m0/s1. The first-order chi connectivity index (χ1) is 10.0. The summed E-state index contributed by atoms with van der Waals surface area (Å²) in [5.41, 5.74) is -0.365. The molecule has 2 aromatic carbocycles. The Labute approximate surface area is 129 Å². The number of para-hydroxylation sites is 1. The molecule has 4 nitrogen and oxygen atoms in total.